The fourth-order valence-electron chi connectivity index (χ4n) is 2.98. The van der Waals surface area contributed by atoms with Gasteiger partial charge in [-0.15, -0.1) is 0 Å². The number of aromatic nitrogens is 1. The van der Waals surface area contributed by atoms with Crippen LogP contribution in [0.25, 0.3) is 0 Å². The van der Waals surface area contributed by atoms with E-state index in [9.17, 15) is 13.2 Å². The van der Waals surface area contributed by atoms with Crippen molar-refractivity contribution in [2.45, 2.75) is 50.8 Å². The molecule has 0 aliphatic heterocycles. The maximum Gasteiger partial charge on any atom is 0.254 e. The Bertz CT molecular complexity index is 694. The Hall–Kier alpha value is -1.67. The first kappa shape index (κ1) is 20.6. The normalized spacial score (nSPS) is 20.8. The lowest BCUT2D eigenvalue weighted by atomic mass is 9.86. The topological polar surface area (TPSA) is 91.4 Å². The van der Waals surface area contributed by atoms with Gasteiger partial charge < -0.3 is 10.2 Å². The van der Waals surface area contributed by atoms with Crippen molar-refractivity contribution >= 4 is 21.7 Å². The minimum atomic E-state index is -3.18. The van der Waals surface area contributed by atoms with Gasteiger partial charge in [0.25, 0.3) is 5.91 Å². The minimum absolute atomic E-state index is 0.0617. The molecular weight excluding hydrogens is 352 g/mol. The van der Waals surface area contributed by atoms with E-state index in [0.29, 0.717) is 24.1 Å². The molecule has 0 saturated heterocycles. The Morgan fingerprint density at radius 1 is 1.23 bits per heavy atom. The van der Waals surface area contributed by atoms with Gasteiger partial charge in [-0.3, -0.25) is 4.79 Å². The summed E-state index contributed by atoms with van der Waals surface area (Å²) < 4.78 is 26.4. The second-order valence-corrected chi connectivity index (χ2v) is 9.76. The van der Waals surface area contributed by atoms with E-state index in [0.717, 1.165) is 31.5 Å². The van der Waals surface area contributed by atoms with E-state index in [4.69, 9.17) is 0 Å². The Morgan fingerprint density at radius 3 is 2.38 bits per heavy atom. The summed E-state index contributed by atoms with van der Waals surface area (Å²) in [6, 6.07) is 3.94. The number of nitrogens with one attached hydrogen (secondary N) is 2. The molecule has 1 fully saturated rings. The zero-order valence-electron chi connectivity index (χ0n) is 16.0. The number of sulfonamides is 1. The van der Waals surface area contributed by atoms with Gasteiger partial charge in [0.15, 0.2) is 0 Å². The summed E-state index contributed by atoms with van der Waals surface area (Å²) in [5.41, 5.74) is 0.571. The van der Waals surface area contributed by atoms with Crippen molar-refractivity contribution in [2.75, 3.05) is 26.0 Å². The molecule has 1 amide bonds. The Morgan fingerprint density at radius 2 is 1.88 bits per heavy atom. The van der Waals surface area contributed by atoms with Crippen molar-refractivity contribution in [3.63, 3.8) is 0 Å². The lowest BCUT2D eigenvalue weighted by Crippen LogP contribution is -2.37. The quantitative estimate of drug-likeness (QED) is 0.753. The smallest absolute Gasteiger partial charge is 0.254 e. The second-order valence-electron chi connectivity index (χ2n) is 7.44. The lowest BCUT2D eigenvalue weighted by Gasteiger charge is -2.29. The number of carbonyl (C=O) groups is 1. The number of amides is 1. The van der Waals surface area contributed by atoms with Crippen LogP contribution in [0.2, 0.25) is 0 Å². The first-order valence-corrected chi connectivity index (χ1v) is 10.7. The van der Waals surface area contributed by atoms with E-state index in [2.05, 4.69) is 15.0 Å². The molecule has 1 aromatic rings. The van der Waals surface area contributed by atoms with Crippen LogP contribution in [0.3, 0.4) is 0 Å². The predicted molar refractivity (Wildman–Crippen MR) is 104 cm³/mol. The molecule has 2 N–H and O–H groups in total. The first-order chi connectivity index (χ1) is 12.2. The highest BCUT2D eigenvalue weighted by Gasteiger charge is 2.24. The molecule has 0 atom stereocenters. The maximum absolute atomic E-state index is 11.9. The molecule has 7 nitrogen and oxygen atoms in total. The largest absolute Gasteiger partial charge is 0.367 e. The molecule has 1 heterocycles. The van der Waals surface area contributed by atoms with Crippen LogP contribution in [0.1, 0.15) is 49.9 Å². The van der Waals surface area contributed by atoms with Gasteiger partial charge in [0.1, 0.15) is 5.82 Å². The number of hydrogen-bond acceptors (Lipinski definition) is 5. The van der Waals surface area contributed by atoms with Crippen molar-refractivity contribution in [1.82, 2.24) is 14.6 Å². The monoisotopic (exact) mass is 382 g/mol. The van der Waals surface area contributed by atoms with E-state index in [-0.39, 0.29) is 5.91 Å². The highest BCUT2D eigenvalue weighted by molar-refractivity contribution is 7.90. The Balaban J connectivity index is 1.79. The number of anilines is 1. The third kappa shape index (κ3) is 5.67. The van der Waals surface area contributed by atoms with Gasteiger partial charge in [0.2, 0.25) is 10.0 Å². The third-order valence-electron chi connectivity index (χ3n) is 4.81. The van der Waals surface area contributed by atoms with Crippen LogP contribution in [0, 0.1) is 5.92 Å². The molecule has 2 rings (SSSR count). The average molecular weight is 383 g/mol. The maximum atomic E-state index is 11.9. The van der Waals surface area contributed by atoms with Crippen molar-refractivity contribution < 1.29 is 13.2 Å². The summed E-state index contributed by atoms with van der Waals surface area (Å²) in [7, 11) is 0.249. The zero-order valence-corrected chi connectivity index (χ0v) is 16.8. The summed E-state index contributed by atoms with van der Waals surface area (Å²) >= 11 is 0. The van der Waals surface area contributed by atoms with E-state index in [1.165, 1.54) is 4.90 Å². The van der Waals surface area contributed by atoms with Crippen molar-refractivity contribution in [3.8, 4) is 0 Å². The summed E-state index contributed by atoms with van der Waals surface area (Å²) in [5.74, 6) is 1.09. The number of rotatable bonds is 7. The zero-order chi connectivity index (χ0) is 19.3. The summed E-state index contributed by atoms with van der Waals surface area (Å²) in [6.45, 7) is 3.90. The fraction of sp³-hybridized carbons (Fsp3) is 0.667. The molecule has 0 unspecified atom stereocenters. The van der Waals surface area contributed by atoms with Gasteiger partial charge >= 0.3 is 0 Å². The molecule has 0 aromatic carbocycles. The molecule has 8 heteroatoms. The van der Waals surface area contributed by atoms with Gasteiger partial charge in [-0.05, 0) is 57.6 Å². The van der Waals surface area contributed by atoms with Crippen molar-refractivity contribution in [1.29, 1.82) is 0 Å². The molecule has 1 saturated carbocycles. The van der Waals surface area contributed by atoms with E-state index >= 15 is 0 Å². The second kappa shape index (κ2) is 8.81. The summed E-state index contributed by atoms with van der Waals surface area (Å²) in [4.78, 5) is 17.7. The molecule has 146 valence electrons. The minimum Gasteiger partial charge on any atom is -0.367 e. The van der Waals surface area contributed by atoms with Crippen LogP contribution in [0.4, 0.5) is 5.82 Å². The van der Waals surface area contributed by atoms with Crippen LogP contribution in [-0.2, 0) is 10.0 Å². The molecule has 26 heavy (non-hydrogen) atoms. The van der Waals surface area contributed by atoms with Gasteiger partial charge in [-0.1, -0.05) is 0 Å². The summed E-state index contributed by atoms with van der Waals surface area (Å²) in [5, 5.41) is 3.02. The van der Waals surface area contributed by atoms with Crippen LogP contribution in [0.5, 0.6) is 0 Å². The molecule has 0 radical (unpaired) electrons. The summed E-state index contributed by atoms with van der Waals surface area (Å²) in [6.07, 6.45) is 5.52. The molecular formula is C18H30N4O3S. The van der Waals surface area contributed by atoms with E-state index in [1.54, 1.807) is 40.2 Å². The van der Waals surface area contributed by atoms with Gasteiger partial charge in [-0.25, -0.2) is 18.1 Å². The van der Waals surface area contributed by atoms with Crippen LogP contribution < -0.4 is 10.0 Å². The SMILES string of the molecule is CC(C)S(=O)(=O)NC[C@H]1CC[C@H](Nc2ccc(C(=O)N(C)C)cn2)CC1. The average Bonchev–Trinajstić information content (AvgIpc) is 2.61. The van der Waals surface area contributed by atoms with E-state index in [1.807, 2.05) is 6.07 Å². The Labute approximate surface area is 156 Å². The van der Waals surface area contributed by atoms with Gasteiger partial charge in [-0.2, -0.15) is 0 Å². The van der Waals surface area contributed by atoms with Gasteiger partial charge in [0, 0.05) is 32.9 Å². The van der Waals surface area contributed by atoms with Crippen LogP contribution >= 0.6 is 0 Å². The molecule has 0 bridgehead atoms. The fourth-order valence-corrected chi connectivity index (χ4v) is 3.79. The van der Waals surface area contributed by atoms with Gasteiger partial charge in [0.05, 0.1) is 10.8 Å². The predicted octanol–water partition coefficient (Wildman–Crippen LogP) is 2.08. The van der Waals surface area contributed by atoms with Crippen LogP contribution in [0.15, 0.2) is 18.3 Å². The standard InChI is InChI=1S/C18H30N4O3S/c1-13(2)26(24,25)20-11-14-5-8-16(9-6-14)21-17-10-7-15(12-19-17)18(23)22(3)4/h7,10,12-14,16,20H,5-6,8-9,11H2,1-4H3,(H,19,21)/t14-,16-. The highest BCUT2D eigenvalue weighted by atomic mass is 32.2. The van der Waals surface area contributed by atoms with Crippen molar-refractivity contribution in [3.05, 3.63) is 23.9 Å². The molecule has 0 spiro atoms. The number of carbonyl (C=O) groups excluding carboxylic acids is 1. The molecule has 1 aromatic heterocycles. The number of hydrogen-bond donors (Lipinski definition) is 2. The number of pyridine rings is 1. The van der Waals surface area contributed by atoms with E-state index < -0.39 is 15.3 Å². The number of nitrogens with zero attached hydrogens (tertiary/aromatic N) is 2. The third-order valence-corrected chi connectivity index (χ3v) is 6.62. The Kier molecular flexibility index (Phi) is 7.00. The van der Waals surface area contributed by atoms with Crippen LogP contribution in [-0.4, -0.2) is 56.1 Å². The molecule has 1 aliphatic carbocycles. The first-order valence-electron chi connectivity index (χ1n) is 9.11. The molecule has 1 aliphatic rings. The highest BCUT2D eigenvalue weighted by Crippen LogP contribution is 2.26. The van der Waals surface area contributed by atoms with Crippen molar-refractivity contribution in [2.24, 2.45) is 5.92 Å². The lowest BCUT2D eigenvalue weighted by molar-refractivity contribution is 0.0827.